The first kappa shape index (κ1) is 13.4. The molecule has 20 heavy (non-hydrogen) atoms. The van der Waals surface area contributed by atoms with Crippen LogP contribution in [0.5, 0.6) is 0 Å². The first-order valence-electron chi connectivity index (χ1n) is 5.94. The molecule has 4 heteroatoms. The maximum atomic E-state index is 13.1. The van der Waals surface area contributed by atoms with Crippen LogP contribution in [-0.4, -0.2) is 0 Å². The average Bonchev–Trinajstić information content (AvgIpc) is 2.86. The largest absolute Gasteiger partial charge is 0.463 e. The molecule has 0 radical (unpaired) electrons. The van der Waals surface area contributed by atoms with Crippen LogP contribution in [-0.2, 0) is 0 Å². The highest BCUT2D eigenvalue weighted by atomic mass is 79.9. The number of halogens is 3. The van der Waals surface area contributed by atoms with E-state index in [0.29, 0.717) is 10.8 Å². The van der Waals surface area contributed by atoms with Crippen LogP contribution >= 0.6 is 27.5 Å². The molecule has 0 N–H and O–H groups in total. The minimum absolute atomic E-state index is 0.263. The van der Waals surface area contributed by atoms with Gasteiger partial charge in [0.1, 0.15) is 5.82 Å². The maximum Gasteiger partial charge on any atom is 0.153 e. The summed E-state index contributed by atoms with van der Waals surface area (Å²) in [7, 11) is 0. The Morgan fingerprint density at radius 3 is 2.35 bits per heavy atom. The van der Waals surface area contributed by atoms with Crippen LogP contribution in [0.3, 0.4) is 0 Å². The summed E-state index contributed by atoms with van der Waals surface area (Å²) in [5, 5.41) is 0.552. The summed E-state index contributed by atoms with van der Waals surface area (Å²) >= 11 is 9.59. The molecule has 3 aromatic rings. The highest BCUT2D eigenvalue weighted by molar-refractivity contribution is 9.10. The Hall–Kier alpha value is -1.58. The van der Waals surface area contributed by atoms with E-state index in [1.807, 2.05) is 18.2 Å². The highest BCUT2D eigenvalue weighted by Gasteiger charge is 2.14. The van der Waals surface area contributed by atoms with Crippen LogP contribution in [0.1, 0.15) is 0 Å². The van der Waals surface area contributed by atoms with Gasteiger partial charge in [0.2, 0.25) is 0 Å². The van der Waals surface area contributed by atoms with Gasteiger partial charge in [0.15, 0.2) is 5.76 Å². The van der Waals surface area contributed by atoms with Gasteiger partial charge in [-0.3, -0.25) is 0 Å². The van der Waals surface area contributed by atoms with Gasteiger partial charge in [-0.2, -0.15) is 0 Å². The molecule has 0 aliphatic carbocycles. The standard InChI is InChI=1S/C16H9BrClFO/c17-11-3-6-13(16-15(18)7-8-20-16)14(9-11)10-1-4-12(19)5-2-10/h1-9H. The minimum Gasteiger partial charge on any atom is -0.463 e. The van der Waals surface area contributed by atoms with Gasteiger partial charge in [0, 0.05) is 10.0 Å². The molecule has 0 aliphatic heterocycles. The van der Waals surface area contributed by atoms with Crippen LogP contribution in [0.4, 0.5) is 4.39 Å². The van der Waals surface area contributed by atoms with Crippen molar-refractivity contribution in [2.24, 2.45) is 0 Å². The molecule has 1 heterocycles. The SMILES string of the molecule is Fc1ccc(-c2cc(Br)ccc2-c2occc2Cl)cc1. The Labute approximate surface area is 129 Å². The second-order valence-corrected chi connectivity index (χ2v) is 5.62. The molecule has 2 aromatic carbocycles. The smallest absolute Gasteiger partial charge is 0.153 e. The van der Waals surface area contributed by atoms with E-state index in [1.54, 1.807) is 24.5 Å². The second kappa shape index (κ2) is 5.43. The maximum absolute atomic E-state index is 13.1. The summed E-state index contributed by atoms with van der Waals surface area (Å²) in [6, 6.07) is 13.8. The van der Waals surface area contributed by atoms with Crippen LogP contribution < -0.4 is 0 Å². The average molecular weight is 352 g/mol. The molecule has 0 saturated heterocycles. The van der Waals surface area contributed by atoms with Crippen molar-refractivity contribution in [1.29, 1.82) is 0 Å². The van der Waals surface area contributed by atoms with Crippen molar-refractivity contribution in [2.75, 3.05) is 0 Å². The van der Waals surface area contributed by atoms with Gasteiger partial charge in [-0.15, -0.1) is 0 Å². The number of rotatable bonds is 2. The van der Waals surface area contributed by atoms with Gasteiger partial charge in [-0.1, -0.05) is 39.7 Å². The lowest BCUT2D eigenvalue weighted by Gasteiger charge is -2.09. The topological polar surface area (TPSA) is 13.1 Å². The van der Waals surface area contributed by atoms with Crippen LogP contribution in [0.2, 0.25) is 5.02 Å². The van der Waals surface area contributed by atoms with Gasteiger partial charge in [-0.05, 0) is 47.5 Å². The fraction of sp³-hybridized carbons (Fsp3) is 0. The Balaban J connectivity index is 2.21. The molecule has 1 aromatic heterocycles. The van der Waals surface area contributed by atoms with E-state index >= 15 is 0 Å². The monoisotopic (exact) mass is 350 g/mol. The van der Waals surface area contributed by atoms with Crippen molar-refractivity contribution in [3.63, 3.8) is 0 Å². The van der Waals surface area contributed by atoms with Crippen LogP contribution in [0.25, 0.3) is 22.5 Å². The molecule has 3 rings (SSSR count). The molecule has 0 spiro atoms. The zero-order valence-corrected chi connectivity index (χ0v) is 12.6. The van der Waals surface area contributed by atoms with Crippen molar-refractivity contribution in [3.05, 3.63) is 70.1 Å². The zero-order valence-electron chi connectivity index (χ0n) is 10.2. The Bertz CT molecular complexity index is 749. The lowest BCUT2D eigenvalue weighted by atomic mass is 9.98. The van der Waals surface area contributed by atoms with Gasteiger partial charge < -0.3 is 4.42 Å². The third-order valence-corrected chi connectivity index (χ3v) is 3.79. The van der Waals surface area contributed by atoms with Gasteiger partial charge in [-0.25, -0.2) is 4.39 Å². The van der Waals surface area contributed by atoms with E-state index in [-0.39, 0.29) is 5.82 Å². The molecule has 0 fully saturated rings. The molecule has 0 amide bonds. The first-order valence-corrected chi connectivity index (χ1v) is 7.11. The normalized spacial score (nSPS) is 10.8. The molecule has 0 bridgehead atoms. The van der Waals surface area contributed by atoms with Crippen LogP contribution in [0, 0.1) is 5.82 Å². The van der Waals surface area contributed by atoms with E-state index in [1.165, 1.54) is 12.1 Å². The number of hydrogen-bond acceptors (Lipinski definition) is 1. The Kier molecular flexibility index (Phi) is 3.64. The fourth-order valence-corrected chi connectivity index (χ4v) is 2.63. The van der Waals surface area contributed by atoms with Crippen molar-refractivity contribution in [2.45, 2.75) is 0 Å². The van der Waals surface area contributed by atoms with Gasteiger partial charge >= 0.3 is 0 Å². The third-order valence-electron chi connectivity index (χ3n) is 3.00. The van der Waals surface area contributed by atoms with Crippen molar-refractivity contribution in [1.82, 2.24) is 0 Å². The quantitative estimate of drug-likeness (QED) is 0.538. The molecular weight excluding hydrogens is 343 g/mol. The Morgan fingerprint density at radius 1 is 0.950 bits per heavy atom. The summed E-state index contributed by atoms with van der Waals surface area (Å²) in [6.07, 6.45) is 1.55. The van der Waals surface area contributed by atoms with Crippen molar-refractivity contribution < 1.29 is 8.81 Å². The zero-order chi connectivity index (χ0) is 14.1. The molecule has 0 aliphatic rings. The van der Waals surface area contributed by atoms with E-state index < -0.39 is 0 Å². The molecule has 1 nitrogen and oxygen atoms in total. The fourth-order valence-electron chi connectivity index (χ4n) is 2.07. The summed E-state index contributed by atoms with van der Waals surface area (Å²) < 4.78 is 19.5. The molecule has 0 unspecified atom stereocenters. The number of benzene rings is 2. The number of hydrogen-bond donors (Lipinski definition) is 0. The van der Waals surface area contributed by atoms with Crippen molar-refractivity contribution >= 4 is 27.5 Å². The predicted octanol–water partition coefficient (Wildman–Crippen LogP) is 6.17. The minimum atomic E-state index is -0.263. The van der Waals surface area contributed by atoms with E-state index in [4.69, 9.17) is 16.0 Å². The lowest BCUT2D eigenvalue weighted by Crippen LogP contribution is -1.85. The summed E-state index contributed by atoms with van der Waals surface area (Å²) in [6.45, 7) is 0. The third kappa shape index (κ3) is 2.51. The highest BCUT2D eigenvalue weighted by Crippen LogP contribution is 2.38. The molecular formula is C16H9BrClFO. The van der Waals surface area contributed by atoms with Gasteiger partial charge in [0.05, 0.1) is 11.3 Å². The first-order chi connectivity index (χ1) is 9.65. The summed E-state index contributed by atoms with van der Waals surface area (Å²) in [4.78, 5) is 0. The van der Waals surface area contributed by atoms with E-state index in [2.05, 4.69) is 15.9 Å². The van der Waals surface area contributed by atoms with E-state index in [9.17, 15) is 4.39 Å². The Morgan fingerprint density at radius 2 is 1.70 bits per heavy atom. The lowest BCUT2D eigenvalue weighted by molar-refractivity contribution is 0.582. The van der Waals surface area contributed by atoms with E-state index in [0.717, 1.165) is 21.2 Å². The predicted molar refractivity (Wildman–Crippen MR) is 82.2 cm³/mol. The second-order valence-electron chi connectivity index (χ2n) is 4.29. The summed E-state index contributed by atoms with van der Waals surface area (Å²) in [5.74, 6) is 0.347. The van der Waals surface area contributed by atoms with Crippen molar-refractivity contribution in [3.8, 4) is 22.5 Å². The van der Waals surface area contributed by atoms with Crippen LogP contribution in [0.15, 0.2) is 63.7 Å². The number of furan rings is 1. The molecule has 0 atom stereocenters. The van der Waals surface area contributed by atoms with Gasteiger partial charge in [0.25, 0.3) is 0 Å². The summed E-state index contributed by atoms with van der Waals surface area (Å²) in [5.41, 5.74) is 2.70. The molecule has 0 saturated carbocycles. The molecule has 100 valence electrons.